The first-order chi connectivity index (χ1) is 13.5. The number of methoxy groups -OCH3 is 1. The Balaban J connectivity index is 1.48. The quantitative estimate of drug-likeness (QED) is 0.597. The Bertz CT molecular complexity index is 921. The molecule has 2 aromatic carbocycles. The van der Waals surface area contributed by atoms with Gasteiger partial charge in [-0.05, 0) is 43.3 Å². The Kier molecular flexibility index (Phi) is 6.26. The summed E-state index contributed by atoms with van der Waals surface area (Å²) in [6, 6.07) is 15.0. The number of carbonyl (C=O) groups excluding carboxylic acids is 1. The van der Waals surface area contributed by atoms with Crippen molar-refractivity contribution in [3.05, 3.63) is 59.9 Å². The largest absolute Gasteiger partial charge is 0.497 e. The van der Waals surface area contributed by atoms with Crippen LogP contribution >= 0.6 is 0 Å². The predicted octanol–water partition coefficient (Wildman–Crippen LogP) is 3.13. The molecule has 0 saturated heterocycles. The predicted molar refractivity (Wildman–Crippen MR) is 104 cm³/mol. The lowest BCUT2D eigenvalue weighted by atomic mass is 10.1. The van der Waals surface area contributed by atoms with Gasteiger partial charge in [-0.2, -0.15) is 4.98 Å². The molecule has 0 saturated carbocycles. The van der Waals surface area contributed by atoms with Crippen LogP contribution in [0.4, 0.5) is 0 Å². The third-order valence-electron chi connectivity index (χ3n) is 4.25. The van der Waals surface area contributed by atoms with Crippen molar-refractivity contribution in [1.29, 1.82) is 0 Å². The van der Waals surface area contributed by atoms with Gasteiger partial charge in [-0.1, -0.05) is 22.9 Å². The summed E-state index contributed by atoms with van der Waals surface area (Å²) in [5, 5.41) is 4.00. The Labute approximate surface area is 163 Å². The molecule has 0 unspecified atom stereocenters. The third-order valence-corrected chi connectivity index (χ3v) is 4.25. The molecule has 0 aliphatic carbocycles. The number of nitrogens with zero attached hydrogens (tertiary/aromatic N) is 3. The fourth-order valence-electron chi connectivity index (χ4n) is 2.57. The van der Waals surface area contributed by atoms with E-state index in [4.69, 9.17) is 14.0 Å². The molecule has 0 aliphatic rings. The fraction of sp³-hybridized carbons (Fsp3) is 0.286. The average Bonchev–Trinajstić information content (AvgIpc) is 3.19. The van der Waals surface area contributed by atoms with E-state index in [0.29, 0.717) is 30.4 Å². The van der Waals surface area contributed by atoms with Gasteiger partial charge in [0.05, 0.1) is 7.11 Å². The number of ether oxygens (including phenoxy) is 2. The van der Waals surface area contributed by atoms with Crippen LogP contribution in [0.2, 0.25) is 0 Å². The van der Waals surface area contributed by atoms with Gasteiger partial charge in [0.25, 0.3) is 11.8 Å². The standard InChI is InChI=1S/C21H23N3O4/c1-15-5-4-6-16(13-15)21-22-19(23-28-21)11-12-24(2)20(25)14-27-18-9-7-17(26-3)8-10-18/h4-10,13H,11-12,14H2,1-3H3. The zero-order chi connectivity index (χ0) is 19.9. The lowest BCUT2D eigenvalue weighted by Gasteiger charge is -2.16. The molecule has 1 heterocycles. The lowest BCUT2D eigenvalue weighted by molar-refractivity contribution is -0.132. The van der Waals surface area contributed by atoms with Crippen LogP contribution in [-0.4, -0.2) is 48.3 Å². The monoisotopic (exact) mass is 381 g/mol. The molecular formula is C21H23N3O4. The van der Waals surface area contributed by atoms with Crippen LogP contribution in [0.15, 0.2) is 53.1 Å². The first-order valence-electron chi connectivity index (χ1n) is 8.95. The SMILES string of the molecule is COc1ccc(OCC(=O)N(C)CCc2noc(-c3cccc(C)c3)n2)cc1. The highest BCUT2D eigenvalue weighted by Gasteiger charge is 2.13. The second-order valence-electron chi connectivity index (χ2n) is 6.41. The zero-order valence-electron chi connectivity index (χ0n) is 16.2. The van der Waals surface area contributed by atoms with Crippen molar-refractivity contribution in [1.82, 2.24) is 15.0 Å². The summed E-state index contributed by atoms with van der Waals surface area (Å²) in [4.78, 5) is 18.2. The van der Waals surface area contributed by atoms with Gasteiger partial charge in [0, 0.05) is 25.6 Å². The summed E-state index contributed by atoms with van der Waals surface area (Å²) >= 11 is 0. The van der Waals surface area contributed by atoms with E-state index in [2.05, 4.69) is 10.1 Å². The summed E-state index contributed by atoms with van der Waals surface area (Å²) in [7, 11) is 3.32. The van der Waals surface area contributed by atoms with E-state index in [1.807, 2.05) is 31.2 Å². The minimum Gasteiger partial charge on any atom is -0.497 e. The minimum absolute atomic E-state index is 0.0381. The number of aromatic nitrogens is 2. The van der Waals surface area contributed by atoms with Gasteiger partial charge in [-0.25, -0.2) is 0 Å². The summed E-state index contributed by atoms with van der Waals surface area (Å²) in [5.41, 5.74) is 2.01. The van der Waals surface area contributed by atoms with E-state index in [-0.39, 0.29) is 12.5 Å². The Hall–Kier alpha value is -3.35. The van der Waals surface area contributed by atoms with E-state index < -0.39 is 0 Å². The molecule has 0 aliphatic heterocycles. The van der Waals surface area contributed by atoms with Crippen LogP contribution in [0.25, 0.3) is 11.5 Å². The van der Waals surface area contributed by atoms with E-state index in [1.165, 1.54) is 0 Å². The summed E-state index contributed by atoms with van der Waals surface area (Å²) in [6.45, 7) is 2.44. The molecule has 0 atom stereocenters. The van der Waals surface area contributed by atoms with Crippen molar-refractivity contribution in [2.45, 2.75) is 13.3 Å². The number of likely N-dealkylation sites (N-methyl/N-ethyl adjacent to an activating group) is 1. The van der Waals surface area contributed by atoms with Crippen molar-refractivity contribution in [3.8, 4) is 23.0 Å². The van der Waals surface area contributed by atoms with Crippen LogP contribution in [0.3, 0.4) is 0 Å². The van der Waals surface area contributed by atoms with Gasteiger partial charge in [0.1, 0.15) is 11.5 Å². The smallest absolute Gasteiger partial charge is 0.260 e. The first kappa shape index (κ1) is 19.4. The highest BCUT2D eigenvalue weighted by molar-refractivity contribution is 5.77. The normalized spacial score (nSPS) is 10.5. The van der Waals surface area contributed by atoms with Crippen molar-refractivity contribution in [2.24, 2.45) is 0 Å². The Morgan fingerprint density at radius 1 is 1.14 bits per heavy atom. The van der Waals surface area contributed by atoms with Crippen LogP contribution < -0.4 is 9.47 Å². The van der Waals surface area contributed by atoms with Crippen LogP contribution in [-0.2, 0) is 11.2 Å². The van der Waals surface area contributed by atoms with E-state index in [9.17, 15) is 4.79 Å². The second-order valence-corrected chi connectivity index (χ2v) is 6.41. The number of hydrogen-bond acceptors (Lipinski definition) is 6. The molecule has 7 heteroatoms. The molecule has 1 amide bonds. The van der Waals surface area contributed by atoms with Gasteiger partial charge < -0.3 is 18.9 Å². The number of carbonyl (C=O) groups is 1. The molecular weight excluding hydrogens is 358 g/mol. The number of amides is 1. The average molecular weight is 381 g/mol. The lowest BCUT2D eigenvalue weighted by Crippen LogP contribution is -2.33. The Morgan fingerprint density at radius 2 is 1.89 bits per heavy atom. The third kappa shape index (κ3) is 5.09. The maximum absolute atomic E-state index is 12.2. The molecule has 28 heavy (non-hydrogen) atoms. The molecule has 7 nitrogen and oxygen atoms in total. The topological polar surface area (TPSA) is 77.7 Å². The molecule has 0 fully saturated rings. The maximum atomic E-state index is 12.2. The van der Waals surface area contributed by atoms with Crippen molar-refractivity contribution in [2.75, 3.05) is 27.3 Å². The highest BCUT2D eigenvalue weighted by Crippen LogP contribution is 2.19. The molecule has 3 rings (SSSR count). The van der Waals surface area contributed by atoms with Gasteiger partial charge in [-0.3, -0.25) is 4.79 Å². The second kappa shape index (κ2) is 9.03. The van der Waals surface area contributed by atoms with Gasteiger partial charge in [-0.15, -0.1) is 0 Å². The van der Waals surface area contributed by atoms with E-state index >= 15 is 0 Å². The molecule has 0 spiro atoms. The molecule has 3 aromatic rings. The Morgan fingerprint density at radius 3 is 2.61 bits per heavy atom. The first-order valence-corrected chi connectivity index (χ1v) is 8.95. The van der Waals surface area contributed by atoms with Crippen LogP contribution in [0.1, 0.15) is 11.4 Å². The zero-order valence-corrected chi connectivity index (χ0v) is 16.2. The number of rotatable bonds is 8. The van der Waals surface area contributed by atoms with E-state index in [1.54, 1.807) is 43.3 Å². The van der Waals surface area contributed by atoms with Crippen molar-refractivity contribution < 1.29 is 18.8 Å². The maximum Gasteiger partial charge on any atom is 0.260 e. The molecule has 1 aromatic heterocycles. The molecule has 0 bridgehead atoms. The summed E-state index contributed by atoms with van der Waals surface area (Å²) in [6.07, 6.45) is 0.500. The van der Waals surface area contributed by atoms with E-state index in [0.717, 1.165) is 16.9 Å². The highest BCUT2D eigenvalue weighted by atomic mass is 16.5. The molecule has 146 valence electrons. The minimum atomic E-state index is -0.127. The number of aryl methyl sites for hydroxylation is 1. The van der Waals surface area contributed by atoms with Crippen molar-refractivity contribution >= 4 is 5.91 Å². The van der Waals surface area contributed by atoms with Gasteiger partial charge >= 0.3 is 0 Å². The van der Waals surface area contributed by atoms with Crippen LogP contribution in [0, 0.1) is 6.92 Å². The van der Waals surface area contributed by atoms with Gasteiger partial charge in [0.15, 0.2) is 12.4 Å². The summed E-state index contributed by atoms with van der Waals surface area (Å²) < 4.78 is 15.9. The summed E-state index contributed by atoms with van der Waals surface area (Å²) in [5.74, 6) is 2.27. The molecule has 0 radical (unpaired) electrons. The van der Waals surface area contributed by atoms with Crippen molar-refractivity contribution in [3.63, 3.8) is 0 Å². The molecule has 0 N–H and O–H groups in total. The number of benzene rings is 2. The fourth-order valence-corrected chi connectivity index (χ4v) is 2.57. The van der Waals surface area contributed by atoms with Crippen LogP contribution in [0.5, 0.6) is 11.5 Å². The number of hydrogen-bond donors (Lipinski definition) is 0. The van der Waals surface area contributed by atoms with Gasteiger partial charge in [0.2, 0.25) is 0 Å².